The summed E-state index contributed by atoms with van der Waals surface area (Å²) in [6.07, 6.45) is 2.14. The van der Waals surface area contributed by atoms with Crippen LogP contribution < -0.4 is 9.30 Å². The van der Waals surface area contributed by atoms with Crippen molar-refractivity contribution in [2.24, 2.45) is 7.05 Å². The van der Waals surface area contributed by atoms with Crippen LogP contribution in [0.5, 0.6) is 11.5 Å². The molecule has 0 radical (unpaired) electrons. The van der Waals surface area contributed by atoms with E-state index in [1.807, 2.05) is 24.3 Å². The van der Waals surface area contributed by atoms with Crippen LogP contribution in [0, 0.1) is 13.8 Å². The number of furan rings is 1. The SMILES string of the molecule is Cc1cccc2c1-c1c3c(c4oc5ccccc5c4c(C)c3cc[n+]1C)O2. The first-order valence-electron chi connectivity index (χ1n) is 9.19. The number of aryl methyl sites for hydroxylation is 3. The van der Waals surface area contributed by atoms with Crippen molar-refractivity contribution in [2.75, 3.05) is 0 Å². The Bertz CT molecular complexity index is 1430. The Morgan fingerprint density at radius 3 is 2.59 bits per heavy atom. The number of aromatic nitrogens is 1. The van der Waals surface area contributed by atoms with Gasteiger partial charge in [0.1, 0.15) is 23.8 Å². The smallest absolute Gasteiger partial charge is 0.228 e. The van der Waals surface area contributed by atoms with Crippen molar-refractivity contribution in [3.05, 3.63) is 65.9 Å². The number of hydrogen-bond acceptors (Lipinski definition) is 2. The highest BCUT2D eigenvalue weighted by atomic mass is 16.5. The molecule has 1 aliphatic heterocycles. The molecule has 130 valence electrons. The molecule has 0 saturated heterocycles. The van der Waals surface area contributed by atoms with Crippen LogP contribution in [0.25, 0.3) is 44.0 Å². The fourth-order valence-electron chi connectivity index (χ4n) is 4.55. The Morgan fingerprint density at radius 2 is 1.70 bits per heavy atom. The monoisotopic (exact) mass is 352 g/mol. The molecule has 3 heterocycles. The standard InChI is InChI=1S/C24H18NO2/c1-13-7-6-10-18-19(13)22-21-15(11-12-25(22)3)14(2)20-16-8-4-5-9-17(16)26-23(20)24(21)27-18/h4-12H,1-3H3/q+1. The second-order valence-corrected chi connectivity index (χ2v) is 7.37. The lowest BCUT2D eigenvalue weighted by atomic mass is 9.92. The van der Waals surface area contributed by atoms with Crippen LogP contribution in [0.1, 0.15) is 11.1 Å². The van der Waals surface area contributed by atoms with Gasteiger partial charge in [-0.15, -0.1) is 0 Å². The Morgan fingerprint density at radius 1 is 0.852 bits per heavy atom. The molecule has 0 fully saturated rings. The minimum Gasteiger partial charge on any atom is -0.452 e. The molecule has 0 amide bonds. The van der Waals surface area contributed by atoms with Crippen LogP contribution in [0.15, 0.2) is 59.1 Å². The van der Waals surface area contributed by atoms with Gasteiger partial charge in [0.15, 0.2) is 17.5 Å². The van der Waals surface area contributed by atoms with Crippen molar-refractivity contribution in [1.29, 1.82) is 0 Å². The third-order valence-electron chi connectivity index (χ3n) is 5.81. The minimum absolute atomic E-state index is 0.825. The molecule has 0 spiro atoms. The summed E-state index contributed by atoms with van der Waals surface area (Å²) >= 11 is 0. The molecule has 0 bridgehead atoms. The van der Waals surface area contributed by atoms with E-state index in [0.29, 0.717) is 0 Å². The first-order chi connectivity index (χ1) is 13.1. The highest BCUT2D eigenvalue weighted by Crippen LogP contribution is 2.51. The van der Waals surface area contributed by atoms with Gasteiger partial charge in [0, 0.05) is 22.2 Å². The van der Waals surface area contributed by atoms with E-state index in [2.05, 4.69) is 55.9 Å². The summed E-state index contributed by atoms with van der Waals surface area (Å²) in [6.45, 7) is 4.32. The van der Waals surface area contributed by atoms with Crippen LogP contribution in [-0.2, 0) is 7.05 Å². The fraction of sp³-hybridized carbons (Fsp3) is 0.125. The number of fused-ring (bicyclic) bond motifs is 6. The fourth-order valence-corrected chi connectivity index (χ4v) is 4.55. The van der Waals surface area contributed by atoms with Crippen molar-refractivity contribution in [1.82, 2.24) is 0 Å². The summed E-state index contributed by atoms with van der Waals surface area (Å²) in [5, 5.41) is 4.62. The normalized spacial score (nSPS) is 12.6. The average Bonchev–Trinajstić information content (AvgIpc) is 3.06. The number of rotatable bonds is 0. The Labute approximate surface area is 156 Å². The molecule has 2 aromatic heterocycles. The van der Waals surface area contributed by atoms with Crippen LogP contribution >= 0.6 is 0 Å². The van der Waals surface area contributed by atoms with Crippen molar-refractivity contribution in [3.8, 4) is 22.8 Å². The molecule has 0 atom stereocenters. The van der Waals surface area contributed by atoms with Crippen LogP contribution in [0.4, 0.5) is 0 Å². The molecule has 3 heteroatoms. The maximum absolute atomic E-state index is 6.48. The largest absolute Gasteiger partial charge is 0.452 e. The molecule has 5 aromatic rings. The van der Waals surface area contributed by atoms with Gasteiger partial charge >= 0.3 is 0 Å². The van der Waals surface area contributed by atoms with Gasteiger partial charge in [0.25, 0.3) is 0 Å². The van der Waals surface area contributed by atoms with Gasteiger partial charge in [-0.25, -0.2) is 4.57 Å². The second-order valence-electron chi connectivity index (χ2n) is 7.37. The number of ether oxygens (including phenoxy) is 1. The number of hydrogen-bond donors (Lipinski definition) is 0. The van der Waals surface area contributed by atoms with Crippen LogP contribution in [0.2, 0.25) is 0 Å². The average molecular weight is 352 g/mol. The van der Waals surface area contributed by atoms with Gasteiger partial charge in [0.2, 0.25) is 5.69 Å². The van der Waals surface area contributed by atoms with Crippen molar-refractivity contribution in [2.45, 2.75) is 13.8 Å². The van der Waals surface area contributed by atoms with Gasteiger partial charge in [-0.05, 0) is 37.1 Å². The molecule has 0 N–H and O–H groups in total. The van der Waals surface area contributed by atoms with E-state index in [1.54, 1.807) is 0 Å². The highest BCUT2D eigenvalue weighted by molar-refractivity contribution is 6.19. The Balaban J connectivity index is 1.93. The maximum atomic E-state index is 6.48. The van der Waals surface area contributed by atoms with Gasteiger partial charge in [-0.1, -0.05) is 30.3 Å². The summed E-state index contributed by atoms with van der Waals surface area (Å²) in [5.74, 6) is 1.71. The van der Waals surface area contributed by atoms with E-state index < -0.39 is 0 Å². The zero-order valence-electron chi connectivity index (χ0n) is 15.5. The highest BCUT2D eigenvalue weighted by Gasteiger charge is 2.32. The number of benzene rings is 3. The van der Waals surface area contributed by atoms with Gasteiger partial charge < -0.3 is 9.15 Å². The molecular weight excluding hydrogens is 334 g/mol. The predicted molar refractivity (Wildman–Crippen MR) is 107 cm³/mol. The van der Waals surface area contributed by atoms with Gasteiger partial charge in [-0.3, -0.25) is 0 Å². The van der Waals surface area contributed by atoms with E-state index in [-0.39, 0.29) is 0 Å². The number of pyridine rings is 1. The molecule has 3 nitrogen and oxygen atoms in total. The quantitative estimate of drug-likeness (QED) is 0.316. The third kappa shape index (κ3) is 1.74. The van der Waals surface area contributed by atoms with Crippen molar-refractivity contribution in [3.63, 3.8) is 0 Å². The molecule has 0 unspecified atom stereocenters. The first kappa shape index (κ1) is 14.8. The lowest BCUT2D eigenvalue weighted by Crippen LogP contribution is -2.31. The first-order valence-corrected chi connectivity index (χ1v) is 9.19. The molecule has 0 saturated carbocycles. The van der Waals surface area contributed by atoms with E-state index in [0.717, 1.165) is 44.4 Å². The minimum atomic E-state index is 0.825. The van der Waals surface area contributed by atoms with Gasteiger partial charge in [-0.2, -0.15) is 0 Å². The van der Waals surface area contributed by atoms with Crippen molar-refractivity contribution >= 4 is 32.7 Å². The van der Waals surface area contributed by atoms with Gasteiger partial charge in [0.05, 0.1) is 5.56 Å². The zero-order chi connectivity index (χ0) is 18.3. The lowest BCUT2D eigenvalue weighted by Gasteiger charge is -2.21. The summed E-state index contributed by atoms with van der Waals surface area (Å²) in [6, 6.07) is 16.6. The second kappa shape index (κ2) is 4.89. The Hall–Kier alpha value is -3.33. The summed E-state index contributed by atoms with van der Waals surface area (Å²) in [4.78, 5) is 0. The number of nitrogens with zero attached hydrogens (tertiary/aromatic N) is 1. The molecule has 3 aromatic carbocycles. The maximum Gasteiger partial charge on any atom is 0.228 e. The summed E-state index contributed by atoms with van der Waals surface area (Å²) < 4.78 is 15.0. The Kier molecular flexibility index (Phi) is 2.68. The van der Waals surface area contributed by atoms with E-state index >= 15 is 0 Å². The van der Waals surface area contributed by atoms with E-state index in [9.17, 15) is 0 Å². The molecule has 27 heavy (non-hydrogen) atoms. The molecular formula is C24H18NO2+. The van der Waals surface area contributed by atoms with E-state index in [1.165, 1.54) is 22.2 Å². The summed E-state index contributed by atoms with van der Waals surface area (Å²) in [7, 11) is 2.10. The zero-order valence-corrected chi connectivity index (χ0v) is 15.5. The predicted octanol–water partition coefficient (Wildman–Crippen LogP) is 5.95. The van der Waals surface area contributed by atoms with E-state index in [4.69, 9.17) is 9.15 Å². The summed E-state index contributed by atoms with van der Waals surface area (Å²) in [5.41, 5.74) is 6.52. The van der Waals surface area contributed by atoms with Crippen LogP contribution in [0.3, 0.4) is 0 Å². The molecule has 0 aliphatic carbocycles. The molecule has 1 aliphatic rings. The van der Waals surface area contributed by atoms with Crippen molar-refractivity contribution < 1.29 is 13.7 Å². The lowest BCUT2D eigenvalue weighted by molar-refractivity contribution is -0.659. The number of para-hydroxylation sites is 1. The topological polar surface area (TPSA) is 26.2 Å². The molecule has 6 rings (SSSR count). The third-order valence-corrected chi connectivity index (χ3v) is 5.81. The van der Waals surface area contributed by atoms with Crippen LogP contribution in [-0.4, -0.2) is 0 Å².